The van der Waals surface area contributed by atoms with Gasteiger partial charge in [-0.25, -0.2) is 4.39 Å². The molecule has 1 aliphatic rings. The summed E-state index contributed by atoms with van der Waals surface area (Å²) >= 11 is 0. The molecule has 1 aromatic carbocycles. The van der Waals surface area contributed by atoms with Crippen molar-refractivity contribution < 1.29 is 8.60 Å². The van der Waals surface area contributed by atoms with Crippen LogP contribution < -0.4 is 10.6 Å². The van der Waals surface area contributed by atoms with Gasteiger partial charge in [0.25, 0.3) is 0 Å². The number of aromatic amines is 1. The molecule has 28 heavy (non-hydrogen) atoms. The Balaban J connectivity index is 0.00000280. The van der Waals surface area contributed by atoms with Crippen LogP contribution in [0, 0.1) is 5.82 Å². The number of fused-ring (bicyclic) bond motifs is 1. The summed E-state index contributed by atoms with van der Waals surface area (Å²) in [6.07, 6.45) is 6.89. The van der Waals surface area contributed by atoms with E-state index in [-0.39, 0.29) is 29.8 Å². The van der Waals surface area contributed by atoms with Crippen molar-refractivity contribution in [1.82, 2.24) is 15.6 Å². The van der Waals surface area contributed by atoms with Gasteiger partial charge in [0, 0.05) is 58.5 Å². The minimum absolute atomic E-state index is 0. The molecule has 1 aliphatic carbocycles. The molecule has 0 radical (unpaired) electrons. The first-order chi connectivity index (χ1) is 13.1. The van der Waals surface area contributed by atoms with Crippen molar-refractivity contribution in [2.24, 2.45) is 4.99 Å². The van der Waals surface area contributed by atoms with Gasteiger partial charge in [0.1, 0.15) is 5.82 Å². The van der Waals surface area contributed by atoms with Crippen LogP contribution in [0.5, 0.6) is 0 Å². The number of benzene rings is 1. The molecule has 156 valence electrons. The third-order valence-electron chi connectivity index (χ3n) is 5.26. The lowest BCUT2D eigenvalue weighted by Gasteiger charge is -2.30. The van der Waals surface area contributed by atoms with Crippen LogP contribution >= 0.6 is 24.0 Å². The first-order valence-corrected chi connectivity index (χ1v) is 11.1. The Kier molecular flexibility index (Phi) is 9.20. The van der Waals surface area contributed by atoms with Gasteiger partial charge in [0.15, 0.2) is 5.96 Å². The second kappa shape index (κ2) is 11.1. The van der Waals surface area contributed by atoms with E-state index >= 15 is 0 Å². The fourth-order valence-electron chi connectivity index (χ4n) is 3.81. The fraction of sp³-hybridized carbons (Fsp3) is 0.550. The lowest BCUT2D eigenvalue weighted by Crippen LogP contribution is -2.47. The predicted molar refractivity (Wildman–Crippen MR) is 127 cm³/mol. The lowest BCUT2D eigenvalue weighted by atomic mass is 9.95. The highest BCUT2D eigenvalue weighted by Crippen LogP contribution is 2.23. The van der Waals surface area contributed by atoms with Gasteiger partial charge in [0.2, 0.25) is 0 Å². The molecule has 5 nitrogen and oxygen atoms in total. The van der Waals surface area contributed by atoms with E-state index in [4.69, 9.17) is 0 Å². The summed E-state index contributed by atoms with van der Waals surface area (Å²) < 4.78 is 25.6. The SMILES string of the molecule is CCS(=O)C1CCCC(NC(=NC)NCCc2c[nH]c3ccc(F)cc23)C1.I. The predicted octanol–water partition coefficient (Wildman–Crippen LogP) is 3.71. The van der Waals surface area contributed by atoms with Crippen LogP contribution in [0.2, 0.25) is 0 Å². The number of H-pyrrole nitrogens is 1. The van der Waals surface area contributed by atoms with Gasteiger partial charge < -0.3 is 15.6 Å². The molecule has 0 saturated heterocycles. The molecule has 1 fully saturated rings. The minimum atomic E-state index is -0.726. The quantitative estimate of drug-likeness (QED) is 0.309. The standard InChI is InChI=1S/C20H29FN4OS.HI/c1-3-27(26)17-6-4-5-16(12-17)25-20(22-2)23-10-9-14-13-24-19-8-7-15(21)11-18(14)19;/h7-8,11,13,16-17,24H,3-6,9-10,12H2,1-2H3,(H2,22,23,25);1H. The minimum Gasteiger partial charge on any atom is -0.361 e. The smallest absolute Gasteiger partial charge is 0.191 e. The highest BCUT2D eigenvalue weighted by molar-refractivity contribution is 14.0. The van der Waals surface area contributed by atoms with Crippen molar-refractivity contribution in [2.75, 3.05) is 19.3 Å². The van der Waals surface area contributed by atoms with Gasteiger partial charge in [-0.3, -0.25) is 9.20 Å². The second-order valence-corrected chi connectivity index (χ2v) is 9.06. The zero-order valence-electron chi connectivity index (χ0n) is 16.5. The molecule has 1 heterocycles. The van der Waals surface area contributed by atoms with E-state index in [1.807, 2.05) is 13.1 Å². The Morgan fingerprint density at radius 2 is 2.21 bits per heavy atom. The number of halogens is 2. The monoisotopic (exact) mass is 520 g/mol. The molecule has 3 atom stereocenters. The van der Waals surface area contributed by atoms with Crippen molar-refractivity contribution in [3.05, 3.63) is 35.8 Å². The van der Waals surface area contributed by atoms with Gasteiger partial charge in [0.05, 0.1) is 0 Å². The second-order valence-electron chi connectivity index (χ2n) is 7.05. The molecular formula is C20H30FIN4OS. The first-order valence-electron chi connectivity index (χ1n) is 9.70. The molecule has 3 rings (SSSR count). The summed E-state index contributed by atoms with van der Waals surface area (Å²) in [6.45, 7) is 2.70. The highest BCUT2D eigenvalue weighted by atomic mass is 127. The average Bonchev–Trinajstić information content (AvgIpc) is 3.08. The van der Waals surface area contributed by atoms with E-state index in [0.717, 1.165) is 60.3 Å². The molecule has 8 heteroatoms. The van der Waals surface area contributed by atoms with Gasteiger partial charge in [-0.2, -0.15) is 0 Å². The maximum Gasteiger partial charge on any atom is 0.191 e. The van der Waals surface area contributed by atoms with Crippen LogP contribution in [-0.2, 0) is 17.2 Å². The molecule has 0 bridgehead atoms. The number of nitrogens with one attached hydrogen (secondary N) is 3. The molecule has 0 aliphatic heterocycles. The van der Waals surface area contributed by atoms with Crippen LogP contribution in [0.25, 0.3) is 10.9 Å². The molecule has 0 amide bonds. The largest absolute Gasteiger partial charge is 0.361 e. The van der Waals surface area contributed by atoms with Gasteiger partial charge in [-0.1, -0.05) is 13.3 Å². The number of hydrogen-bond acceptors (Lipinski definition) is 2. The van der Waals surface area contributed by atoms with Crippen LogP contribution in [-0.4, -0.2) is 45.8 Å². The summed E-state index contributed by atoms with van der Waals surface area (Å²) in [5.41, 5.74) is 2.04. The van der Waals surface area contributed by atoms with E-state index < -0.39 is 10.8 Å². The lowest BCUT2D eigenvalue weighted by molar-refractivity contribution is 0.413. The van der Waals surface area contributed by atoms with Gasteiger partial charge in [-0.15, -0.1) is 24.0 Å². The maximum atomic E-state index is 13.5. The zero-order valence-corrected chi connectivity index (χ0v) is 19.6. The Morgan fingerprint density at radius 1 is 1.39 bits per heavy atom. The summed E-state index contributed by atoms with van der Waals surface area (Å²) in [5, 5.41) is 8.05. The topological polar surface area (TPSA) is 69.3 Å². The molecular weight excluding hydrogens is 490 g/mol. The Labute approximate surface area is 185 Å². The van der Waals surface area contributed by atoms with Crippen LogP contribution in [0.4, 0.5) is 4.39 Å². The molecule has 1 aromatic heterocycles. The molecule has 2 aromatic rings. The normalized spacial score (nSPS) is 21.2. The van der Waals surface area contributed by atoms with Crippen molar-refractivity contribution in [2.45, 2.75) is 50.3 Å². The Morgan fingerprint density at radius 3 is 2.96 bits per heavy atom. The first kappa shape index (κ1) is 23.1. The van der Waals surface area contributed by atoms with Gasteiger partial charge >= 0.3 is 0 Å². The van der Waals surface area contributed by atoms with Crippen LogP contribution in [0.1, 0.15) is 38.2 Å². The summed E-state index contributed by atoms with van der Waals surface area (Å²) in [4.78, 5) is 7.50. The van der Waals surface area contributed by atoms with Crippen LogP contribution in [0.15, 0.2) is 29.4 Å². The summed E-state index contributed by atoms with van der Waals surface area (Å²) in [6, 6.07) is 5.12. The molecule has 3 N–H and O–H groups in total. The third kappa shape index (κ3) is 5.92. The van der Waals surface area contributed by atoms with Gasteiger partial charge in [-0.05, 0) is 49.4 Å². The van der Waals surface area contributed by atoms with Crippen molar-refractivity contribution >= 4 is 51.6 Å². The number of aliphatic imine (C=N–C) groups is 1. The number of guanidine groups is 1. The summed E-state index contributed by atoms with van der Waals surface area (Å²) in [5.74, 6) is 1.29. The zero-order chi connectivity index (χ0) is 19.2. The highest BCUT2D eigenvalue weighted by Gasteiger charge is 2.26. The molecule has 1 saturated carbocycles. The summed E-state index contributed by atoms with van der Waals surface area (Å²) in [7, 11) is 1.04. The van der Waals surface area contributed by atoms with E-state index in [1.165, 1.54) is 6.07 Å². The van der Waals surface area contributed by atoms with Crippen molar-refractivity contribution in [1.29, 1.82) is 0 Å². The van der Waals surface area contributed by atoms with E-state index in [1.54, 1.807) is 19.2 Å². The maximum absolute atomic E-state index is 13.5. The number of nitrogens with zero attached hydrogens (tertiary/aromatic N) is 1. The van der Waals surface area contributed by atoms with Crippen LogP contribution in [0.3, 0.4) is 0 Å². The third-order valence-corrected chi connectivity index (χ3v) is 7.00. The number of rotatable bonds is 6. The fourth-order valence-corrected chi connectivity index (χ4v) is 5.16. The van der Waals surface area contributed by atoms with Crippen molar-refractivity contribution in [3.63, 3.8) is 0 Å². The average molecular weight is 520 g/mol. The molecule has 3 unspecified atom stereocenters. The number of hydrogen-bond donors (Lipinski definition) is 3. The van der Waals surface area contributed by atoms with E-state index in [2.05, 4.69) is 20.6 Å². The molecule has 0 spiro atoms. The number of aromatic nitrogens is 1. The van der Waals surface area contributed by atoms with E-state index in [0.29, 0.717) is 17.8 Å². The Hall–Kier alpha value is -1.16. The Bertz CT molecular complexity index is 826. The van der Waals surface area contributed by atoms with E-state index in [9.17, 15) is 8.60 Å². The van der Waals surface area contributed by atoms with Crippen molar-refractivity contribution in [3.8, 4) is 0 Å².